The number of thiazole rings is 1. The van der Waals surface area contributed by atoms with E-state index in [9.17, 15) is 13.2 Å². The first kappa shape index (κ1) is 20.7. The Balaban J connectivity index is 1.90. The Bertz CT molecular complexity index is 1130. The molecule has 0 atom stereocenters. The molecule has 0 radical (unpaired) electrons. The van der Waals surface area contributed by atoms with Crippen LogP contribution in [-0.2, 0) is 10.0 Å². The molecule has 7 nitrogen and oxygen atoms in total. The number of nitrogens with zero attached hydrogens (tertiary/aromatic N) is 3. The second-order valence-electron chi connectivity index (χ2n) is 6.08. The minimum absolute atomic E-state index is 0.0309. The molecule has 148 valence electrons. The summed E-state index contributed by atoms with van der Waals surface area (Å²) in [5, 5.41) is 10.9. The van der Waals surface area contributed by atoms with Gasteiger partial charge in [-0.05, 0) is 43.3 Å². The van der Waals surface area contributed by atoms with Crippen LogP contribution in [0.15, 0.2) is 64.9 Å². The van der Waals surface area contributed by atoms with E-state index in [1.165, 1.54) is 40.5 Å². The van der Waals surface area contributed by atoms with Crippen molar-refractivity contribution in [1.82, 2.24) is 9.71 Å². The van der Waals surface area contributed by atoms with Crippen LogP contribution in [0.2, 0.25) is 0 Å². The van der Waals surface area contributed by atoms with E-state index in [0.717, 1.165) is 5.69 Å². The minimum atomic E-state index is -3.73. The summed E-state index contributed by atoms with van der Waals surface area (Å²) < 4.78 is 26.8. The molecule has 0 aliphatic rings. The Morgan fingerprint density at radius 2 is 1.86 bits per heavy atom. The van der Waals surface area contributed by atoms with Crippen molar-refractivity contribution in [2.45, 2.75) is 18.2 Å². The lowest BCUT2D eigenvalue weighted by Gasteiger charge is -2.20. The average Bonchev–Trinajstić information content (AvgIpc) is 3.15. The van der Waals surface area contributed by atoms with Gasteiger partial charge in [0.05, 0.1) is 22.3 Å². The maximum atomic E-state index is 13.2. The standard InChI is InChI=1S/C20H18N4O3S2/c1-15-14-28-20(23-15)24(17-6-3-2-4-7-17)19(25)16-8-10-18(11-9-16)29(26,27)22-13-5-12-21/h2-4,6-11,14,22H,5,13H2,1H3. The number of nitrogens with one attached hydrogen (secondary N) is 1. The molecule has 1 aromatic heterocycles. The summed E-state index contributed by atoms with van der Waals surface area (Å²) in [4.78, 5) is 19.2. The highest BCUT2D eigenvalue weighted by Crippen LogP contribution is 2.30. The molecule has 0 saturated carbocycles. The van der Waals surface area contributed by atoms with Crippen LogP contribution >= 0.6 is 11.3 Å². The van der Waals surface area contributed by atoms with Crippen molar-refractivity contribution in [3.8, 4) is 6.07 Å². The maximum Gasteiger partial charge on any atom is 0.264 e. The highest BCUT2D eigenvalue weighted by molar-refractivity contribution is 7.89. The summed E-state index contributed by atoms with van der Waals surface area (Å²) in [6.07, 6.45) is 0.0784. The molecule has 0 fully saturated rings. The van der Waals surface area contributed by atoms with Crippen molar-refractivity contribution in [1.29, 1.82) is 5.26 Å². The molecule has 1 heterocycles. The number of anilines is 2. The van der Waals surface area contributed by atoms with Gasteiger partial charge in [0.15, 0.2) is 5.13 Å². The van der Waals surface area contributed by atoms with Gasteiger partial charge in [0.2, 0.25) is 10.0 Å². The fourth-order valence-corrected chi connectivity index (χ4v) is 4.42. The number of benzene rings is 2. The highest BCUT2D eigenvalue weighted by Gasteiger charge is 2.23. The Hall–Kier alpha value is -3.06. The molecular formula is C20H18N4O3S2. The Labute approximate surface area is 173 Å². The number of hydrogen-bond donors (Lipinski definition) is 1. The molecule has 3 aromatic rings. The first-order valence-electron chi connectivity index (χ1n) is 8.71. The van der Waals surface area contributed by atoms with Gasteiger partial charge in [-0.3, -0.25) is 9.69 Å². The maximum absolute atomic E-state index is 13.2. The fraction of sp³-hybridized carbons (Fsp3) is 0.150. The second-order valence-corrected chi connectivity index (χ2v) is 8.68. The smallest absolute Gasteiger partial charge is 0.264 e. The SMILES string of the molecule is Cc1csc(N(C(=O)c2ccc(S(=O)(=O)NCCC#N)cc2)c2ccccc2)n1. The number of rotatable bonds is 7. The van der Waals surface area contributed by atoms with Gasteiger partial charge in [0.1, 0.15) is 0 Å². The molecule has 2 aromatic carbocycles. The number of sulfonamides is 1. The molecule has 1 amide bonds. The summed E-state index contributed by atoms with van der Waals surface area (Å²) in [5.74, 6) is -0.313. The van der Waals surface area contributed by atoms with E-state index in [1.54, 1.807) is 0 Å². The van der Waals surface area contributed by atoms with Gasteiger partial charge in [0.25, 0.3) is 5.91 Å². The summed E-state index contributed by atoms with van der Waals surface area (Å²) in [6, 6.07) is 16.7. The van der Waals surface area contributed by atoms with E-state index in [0.29, 0.717) is 16.4 Å². The van der Waals surface area contributed by atoms with E-state index in [-0.39, 0.29) is 23.8 Å². The first-order chi connectivity index (χ1) is 13.9. The fourth-order valence-electron chi connectivity index (χ4n) is 2.57. The van der Waals surface area contributed by atoms with E-state index in [4.69, 9.17) is 5.26 Å². The van der Waals surface area contributed by atoms with Crippen molar-refractivity contribution in [3.63, 3.8) is 0 Å². The van der Waals surface area contributed by atoms with Crippen LogP contribution in [0.4, 0.5) is 10.8 Å². The van der Waals surface area contributed by atoms with Crippen LogP contribution < -0.4 is 9.62 Å². The predicted molar refractivity (Wildman–Crippen MR) is 112 cm³/mol. The van der Waals surface area contributed by atoms with Crippen molar-refractivity contribution < 1.29 is 13.2 Å². The number of hydrogen-bond acceptors (Lipinski definition) is 6. The van der Waals surface area contributed by atoms with Crippen molar-refractivity contribution in [3.05, 3.63) is 71.2 Å². The number of carbonyl (C=O) groups is 1. The third kappa shape index (κ3) is 4.86. The third-order valence-electron chi connectivity index (χ3n) is 3.96. The van der Waals surface area contributed by atoms with Gasteiger partial charge >= 0.3 is 0 Å². The van der Waals surface area contributed by atoms with Crippen LogP contribution in [0, 0.1) is 18.3 Å². The zero-order valence-corrected chi connectivity index (χ0v) is 17.2. The van der Waals surface area contributed by atoms with Gasteiger partial charge in [0, 0.05) is 23.9 Å². The molecule has 1 N–H and O–H groups in total. The van der Waals surface area contributed by atoms with E-state index >= 15 is 0 Å². The van der Waals surface area contributed by atoms with Gasteiger partial charge < -0.3 is 0 Å². The van der Waals surface area contributed by atoms with Gasteiger partial charge in [-0.1, -0.05) is 18.2 Å². The lowest BCUT2D eigenvalue weighted by Crippen LogP contribution is -2.26. The first-order valence-corrected chi connectivity index (χ1v) is 11.1. The van der Waals surface area contributed by atoms with Crippen molar-refractivity contribution >= 4 is 38.1 Å². The van der Waals surface area contributed by atoms with Crippen LogP contribution in [0.5, 0.6) is 0 Å². The van der Waals surface area contributed by atoms with Crippen LogP contribution in [0.3, 0.4) is 0 Å². The Morgan fingerprint density at radius 3 is 2.45 bits per heavy atom. The lowest BCUT2D eigenvalue weighted by atomic mass is 10.2. The quantitative estimate of drug-likeness (QED) is 0.581. The van der Waals surface area contributed by atoms with E-state index < -0.39 is 10.0 Å². The zero-order chi connectivity index (χ0) is 20.9. The van der Waals surface area contributed by atoms with Gasteiger partial charge in [-0.25, -0.2) is 18.1 Å². The molecule has 0 unspecified atom stereocenters. The molecule has 3 rings (SSSR count). The van der Waals surface area contributed by atoms with Crippen LogP contribution in [-0.4, -0.2) is 25.9 Å². The molecular weight excluding hydrogens is 408 g/mol. The molecule has 0 bridgehead atoms. The summed E-state index contributed by atoms with van der Waals surface area (Å²) in [6.45, 7) is 1.89. The van der Waals surface area contributed by atoms with Crippen molar-refractivity contribution in [2.75, 3.05) is 11.4 Å². The lowest BCUT2D eigenvalue weighted by molar-refractivity contribution is 0.0999. The number of amides is 1. The molecule has 29 heavy (non-hydrogen) atoms. The normalized spacial score (nSPS) is 11.0. The van der Waals surface area contributed by atoms with Crippen molar-refractivity contribution in [2.24, 2.45) is 0 Å². The number of aromatic nitrogens is 1. The Kier molecular flexibility index (Phi) is 6.39. The molecule has 0 aliphatic heterocycles. The van der Waals surface area contributed by atoms with Crippen LogP contribution in [0.25, 0.3) is 0 Å². The summed E-state index contributed by atoms with van der Waals surface area (Å²) >= 11 is 1.36. The molecule has 0 spiro atoms. The third-order valence-corrected chi connectivity index (χ3v) is 6.38. The minimum Gasteiger partial charge on any atom is -0.268 e. The molecule has 9 heteroatoms. The van der Waals surface area contributed by atoms with Gasteiger partial charge in [-0.15, -0.1) is 11.3 Å². The van der Waals surface area contributed by atoms with Gasteiger partial charge in [-0.2, -0.15) is 5.26 Å². The second kappa shape index (κ2) is 8.96. The predicted octanol–water partition coefficient (Wildman–Crippen LogP) is 3.62. The summed E-state index contributed by atoms with van der Waals surface area (Å²) in [7, 11) is -3.73. The monoisotopic (exact) mass is 426 g/mol. The zero-order valence-electron chi connectivity index (χ0n) is 15.6. The topological polar surface area (TPSA) is 103 Å². The number of para-hydroxylation sites is 1. The number of carbonyl (C=O) groups excluding carboxylic acids is 1. The number of nitriles is 1. The largest absolute Gasteiger partial charge is 0.268 e. The number of aryl methyl sites for hydroxylation is 1. The van der Waals surface area contributed by atoms with E-state index in [1.807, 2.05) is 48.7 Å². The van der Waals surface area contributed by atoms with Crippen LogP contribution in [0.1, 0.15) is 22.5 Å². The van der Waals surface area contributed by atoms with E-state index in [2.05, 4.69) is 9.71 Å². The highest BCUT2D eigenvalue weighted by atomic mass is 32.2. The Morgan fingerprint density at radius 1 is 1.17 bits per heavy atom. The molecule has 0 aliphatic carbocycles. The summed E-state index contributed by atoms with van der Waals surface area (Å²) in [5.41, 5.74) is 1.81. The average molecular weight is 427 g/mol. The molecule has 0 saturated heterocycles.